The number of hydrazone groups is 2. The summed E-state index contributed by atoms with van der Waals surface area (Å²) in [5.41, 5.74) is 13.9. The third kappa shape index (κ3) is 23.6. The summed E-state index contributed by atoms with van der Waals surface area (Å²) in [5.74, 6) is -1.52. The van der Waals surface area contributed by atoms with Gasteiger partial charge < -0.3 is 51.8 Å². The number of aryl methyl sites for hydroxylation is 4. The van der Waals surface area contributed by atoms with E-state index in [1.54, 1.807) is 140 Å². The number of carbonyl (C=O) groups excluding carboxylic acids is 8. The Labute approximate surface area is 709 Å². The maximum Gasteiger partial charge on any atom is 0.343 e. The number of benzene rings is 12. The van der Waals surface area contributed by atoms with Gasteiger partial charge in [-0.1, -0.05) is 108 Å². The molecular formula is C97H80N6O19S. The second-order valence-corrected chi connectivity index (χ2v) is 28.8. The Kier molecular flexibility index (Phi) is 28.5. The van der Waals surface area contributed by atoms with E-state index in [2.05, 4.69) is 44.2 Å². The number of unbranched alkanes of at least 4 members (excludes halogenated alkanes) is 3. The molecule has 0 radical (unpaired) electrons. The second kappa shape index (κ2) is 41.1. The smallest absolute Gasteiger partial charge is 0.343 e. The summed E-state index contributed by atoms with van der Waals surface area (Å²) in [6.45, 7) is 15.7. The van der Waals surface area contributed by atoms with E-state index in [1.807, 2.05) is 88.4 Å². The number of hydrogen-bond donors (Lipinski definition) is 2. The van der Waals surface area contributed by atoms with Crippen molar-refractivity contribution in [2.24, 2.45) is 10.2 Å². The van der Waals surface area contributed by atoms with Crippen molar-refractivity contribution in [3.63, 3.8) is 0 Å². The summed E-state index contributed by atoms with van der Waals surface area (Å²) in [6.07, 6.45) is 8.99. The van der Waals surface area contributed by atoms with Gasteiger partial charge in [-0.05, 0) is 256 Å². The summed E-state index contributed by atoms with van der Waals surface area (Å²) >= 11 is 1.45. The minimum atomic E-state index is -0.709. The maximum atomic E-state index is 13.5. The fourth-order valence-electron chi connectivity index (χ4n) is 12.4. The second-order valence-electron chi connectivity index (χ2n) is 27.8. The van der Waals surface area contributed by atoms with Gasteiger partial charge in [0.25, 0.3) is 0 Å². The summed E-state index contributed by atoms with van der Waals surface area (Å²) in [5, 5.41) is 12.2. The van der Waals surface area contributed by atoms with Crippen LogP contribution >= 0.6 is 11.3 Å². The standard InChI is InChI=1S/C51H39N3O9S.C46H41N3O10/c1-4-47(55)60-23-7-22-59-45-21-17-39(27-40(45)30-52-54-51-53-43-8-5-6-9-46(43)64-51)49(57)62-42-18-15-33-25-37(13-11-35(33)28-42)48(56)61-41-19-16-34-26-38(14-12-36(34)29-41)50(58)63-44-20-10-31(2)24-32(44)3;1-4-42(50)55-26-10-6-5-9-25-54-36-19-14-32(15-20-36)43(51)56-37-21-16-33(17-22-37)44(52)58-40-24-18-34(45(53)57-39-23-13-30(2)27-31(39)3)28-35(40)29-47-49-46-48-38-11-7-8-12-41(38)59-46/h4-6,8-21,24-30H,1,7,22-23H2,2-3H3,(H,53,54);4,7-8,11-24,27-29H,1,5-6,9-10,25-26H2,2-3H3,(H,48,49)/b52-30+;47-29+. The van der Waals surface area contributed by atoms with Crippen LogP contribution in [0.3, 0.4) is 0 Å². The van der Waals surface area contributed by atoms with Crippen molar-refractivity contribution in [3.8, 4) is 46.0 Å². The van der Waals surface area contributed by atoms with Crippen LogP contribution in [-0.2, 0) is 19.1 Å². The minimum Gasteiger partial charge on any atom is -0.494 e. The lowest BCUT2D eigenvalue weighted by Crippen LogP contribution is -2.13. The number of para-hydroxylation sites is 3. The Morgan fingerprint density at radius 1 is 0.374 bits per heavy atom. The largest absolute Gasteiger partial charge is 0.494 e. The van der Waals surface area contributed by atoms with E-state index in [0.717, 1.165) is 91.9 Å². The van der Waals surface area contributed by atoms with Crippen LogP contribution in [0.4, 0.5) is 11.1 Å². The molecule has 0 unspecified atom stereocenters. The van der Waals surface area contributed by atoms with Crippen LogP contribution in [0, 0.1) is 27.7 Å². The number of hydrogen-bond acceptors (Lipinski definition) is 26. The zero-order valence-electron chi connectivity index (χ0n) is 67.1. The van der Waals surface area contributed by atoms with Gasteiger partial charge in [-0.3, -0.25) is 5.43 Å². The zero-order valence-corrected chi connectivity index (χ0v) is 68.0. The highest BCUT2D eigenvalue weighted by Gasteiger charge is 2.21. The number of thiazole rings is 1. The van der Waals surface area contributed by atoms with Crippen LogP contribution in [-0.4, -0.2) is 96.6 Å². The Morgan fingerprint density at radius 3 is 1.37 bits per heavy atom. The molecule has 0 aliphatic rings. The lowest BCUT2D eigenvalue weighted by atomic mass is 10.1. The number of esters is 8. The number of nitrogens with one attached hydrogen (secondary N) is 2. The van der Waals surface area contributed by atoms with Gasteiger partial charge in [0.15, 0.2) is 5.58 Å². The number of ether oxygens (including phenoxy) is 10. The van der Waals surface area contributed by atoms with Gasteiger partial charge in [-0.2, -0.15) is 15.2 Å². The van der Waals surface area contributed by atoms with Crippen molar-refractivity contribution in [1.82, 2.24) is 9.97 Å². The number of carbonyl (C=O) groups is 8. The molecule has 0 amide bonds. The molecule has 0 saturated heterocycles. The van der Waals surface area contributed by atoms with Crippen molar-refractivity contribution in [2.45, 2.75) is 59.8 Å². The normalized spacial score (nSPS) is 11.0. The highest BCUT2D eigenvalue weighted by Crippen LogP contribution is 2.32. The van der Waals surface area contributed by atoms with E-state index in [4.69, 9.17) is 51.8 Å². The Morgan fingerprint density at radius 2 is 0.797 bits per heavy atom. The van der Waals surface area contributed by atoms with E-state index in [-0.39, 0.29) is 53.0 Å². The molecule has 25 nitrogen and oxygen atoms in total. The zero-order chi connectivity index (χ0) is 86.1. The fourth-order valence-corrected chi connectivity index (χ4v) is 13.2. The summed E-state index contributed by atoms with van der Waals surface area (Å²) in [6, 6.07) is 68.6. The number of oxazole rings is 1. The molecule has 26 heteroatoms. The predicted octanol–water partition coefficient (Wildman–Crippen LogP) is 20.0. The van der Waals surface area contributed by atoms with Gasteiger partial charge in [0.2, 0.25) is 5.13 Å². The van der Waals surface area contributed by atoms with Crippen LogP contribution in [0.2, 0.25) is 0 Å². The first-order valence-corrected chi connectivity index (χ1v) is 39.7. The third-order valence-electron chi connectivity index (χ3n) is 18.7. The van der Waals surface area contributed by atoms with E-state index in [0.29, 0.717) is 92.6 Å². The van der Waals surface area contributed by atoms with Crippen LogP contribution in [0.1, 0.15) is 128 Å². The molecule has 0 fully saturated rings. The highest BCUT2D eigenvalue weighted by molar-refractivity contribution is 7.22. The lowest BCUT2D eigenvalue weighted by Gasteiger charge is -2.11. The average Bonchev–Trinajstić information content (AvgIpc) is 1.75. The molecule has 0 saturated carbocycles. The first-order valence-electron chi connectivity index (χ1n) is 38.9. The Hall–Kier alpha value is -15.7. The summed E-state index contributed by atoms with van der Waals surface area (Å²) in [4.78, 5) is 110. The molecule has 0 atom stereocenters. The molecule has 618 valence electrons. The van der Waals surface area contributed by atoms with Crippen LogP contribution in [0.5, 0.6) is 46.0 Å². The molecule has 14 rings (SSSR count). The molecule has 0 aliphatic heterocycles. The quantitative estimate of drug-likeness (QED) is 0.00964. The van der Waals surface area contributed by atoms with E-state index < -0.39 is 47.8 Å². The number of rotatable bonds is 33. The lowest BCUT2D eigenvalue weighted by molar-refractivity contribution is -0.138. The Balaban J connectivity index is 0.000000212. The number of nitrogens with zero attached hydrogens (tertiary/aromatic N) is 4. The van der Waals surface area contributed by atoms with Gasteiger partial charge in [-0.15, -0.1) is 0 Å². The van der Waals surface area contributed by atoms with Crippen LogP contribution < -0.4 is 48.7 Å². The minimum absolute atomic E-state index is 0.105. The molecule has 0 spiro atoms. The van der Waals surface area contributed by atoms with Crippen LogP contribution in [0.25, 0.3) is 42.9 Å². The molecule has 123 heavy (non-hydrogen) atoms. The van der Waals surface area contributed by atoms with Crippen molar-refractivity contribution >= 4 is 126 Å². The third-order valence-corrected chi connectivity index (χ3v) is 19.6. The van der Waals surface area contributed by atoms with E-state index >= 15 is 0 Å². The number of fused-ring (bicyclic) bond motifs is 4. The van der Waals surface area contributed by atoms with Crippen molar-refractivity contribution in [1.29, 1.82) is 0 Å². The van der Waals surface area contributed by atoms with Gasteiger partial charge in [0.1, 0.15) is 51.5 Å². The molecular weight excluding hydrogens is 1590 g/mol. The maximum absolute atomic E-state index is 13.5. The van der Waals surface area contributed by atoms with E-state index in [1.165, 1.54) is 66.2 Å². The van der Waals surface area contributed by atoms with E-state index in [9.17, 15) is 38.4 Å². The molecule has 0 aliphatic carbocycles. The summed E-state index contributed by atoms with van der Waals surface area (Å²) < 4.78 is 62.5. The van der Waals surface area contributed by atoms with Crippen molar-refractivity contribution in [2.75, 3.05) is 37.3 Å². The predicted molar refractivity (Wildman–Crippen MR) is 468 cm³/mol. The summed E-state index contributed by atoms with van der Waals surface area (Å²) in [7, 11) is 0. The monoisotopic (exact) mass is 1660 g/mol. The molecule has 2 N–H and O–H groups in total. The SMILES string of the molecule is C=CC(=O)OCCCCCCOc1ccc(C(=O)Oc2ccc(C(=O)Oc3ccc(C(=O)Oc4ccc(C)cc4C)cc3/C=N/Nc3nc4ccccc4o3)cc2)cc1.C=CC(=O)OCCCOc1ccc(C(=O)Oc2ccc3cc(C(=O)Oc4ccc5cc(C(=O)Oc6ccc(C)cc6C)ccc5c4)ccc3c2)cc1/C=N/Nc1nc2ccccc2s1. The van der Waals surface area contributed by atoms with Crippen molar-refractivity contribution < 1.29 is 90.1 Å². The first-order chi connectivity index (χ1) is 59.7. The topological polar surface area (TPSA) is 317 Å². The highest BCUT2D eigenvalue weighted by atomic mass is 32.1. The molecule has 0 bridgehead atoms. The number of anilines is 2. The number of aromatic nitrogens is 2. The van der Waals surface area contributed by atoms with Crippen LogP contribution in [0.15, 0.2) is 283 Å². The van der Waals surface area contributed by atoms with Crippen molar-refractivity contribution in [3.05, 3.63) is 335 Å². The molecule has 2 heterocycles. The first kappa shape index (κ1) is 85.2. The molecule has 2 aromatic heterocycles. The fraction of sp³-hybridized carbons (Fsp3) is 0.134. The molecule has 12 aromatic carbocycles. The van der Waals surface area contributed by atoms with Gasteiger partial charge in [-0.25, -0.2) is 48.8 Å². The van der Waals surface area contributed by atoms with Gasteiger partial charge in [0, 0.05) is 29.7 Å². The van der Waals surface area contributed by atoms with Gasteiger partial charge >= 0.3 is 53.8 Å². The van der Waals surface area contributed by atoms with Gasteiger partial charge in [0.05, 0.1) is 82.5 Å². The Bertz CT molecular complexity index is 6310. The average molecular weight is 1670 g/mol. The molecule has 14 aromatic rings.